The first-order valence-corrected chi connectivity index (χ1v) is 2.97. The molecule has 52 valence electrons. The van der Waals surface area contributed by atoms with E-state index >= 15 is 0 Å². The molecule has 0 atom stereocenters. The van der Waals surface area contributed by atoms with Crippen molar-refractivity contribution in [1.82, 2.24) is 4.67 Å². The third kappa shape index (κ3) is 1.33. The Bertz CT molecular complexity index is 234. The van der Waals surface area contributed by atoms with E-state index in [0.717, 1.165) is 0 Å². The fourth-order valence-electron chi connectivity index (χ4n) is 0.695. The Morgan fingerprint density at radius 1 is 1.80 bits per heavy atom. The number of carbonyl (C=O) groups is 1. The van der Waals surface area contributed by atoms with Crippen LogP contribution in [0.25, 0.3) is 0 Å². The number of rotatable bonds is 1. The van der Waals surface area contributed by atoms with Gasteiger partial charge in [0.25, 0.3) is 12.4 Å². The molecule has 0 spiro atoms. The maximum atomic E-state index is 10.8. The molecule has 0 saturated carbocycles. The van der Waals surface area contributed by atoms with Crippen molar-refractivity contribution in [2.75, 3.05) is 7.11 Å². The van der Waals surface area contributed by atoms with Gasteiger partial charge in [-0.15, -0.1) is 4.67 Å². The summed E-state index contributed by atoms with van der Waals surface area (Å²) in [5, 5.41) is 0. The third-order valence-corrected chi connectivity index (χ3v) is 1.23. The largest absolute Gasteiger partial charge is 0.466 e. The summed E-state index contributed by atoms with van der Waals surface area (Å²) in [6.07, 6.45) is 5.48. The van der Waals surface area contributed by atoms with Gasteiger partial charge >= 0.3 is 5.97 Å². The topological polar surface area (TPSA) is 40.4 Å². The van der Waals surface area contributed by atoms with Gasteiger partial charge in [0.1, 0.15) is 0 Å². The van der Waals surface area contributed by atoms with Gasteiger partial charge in [-0.25, -0.2) is 4.79 Å². The molecule has 0 N–H and O–H groups in total. The zero-order valence-corrected chi connectivity index (χ0v) is 5.70. The second kappa shape index (κ2) is 2.99. The minimum Gasteiger partial charge on any atom is -0.466 e. The van der Waals surface area contributed by atoms with E-state index in [0.29, 0.717) is 12.0 Å². The summed E-state index contributed by atoms with van der Waals surface area (Å²) in [5.41, 5.74) is 0.650. The molecule has 0 aromatic rings. The summed E-state index contributed by atoms with van der Waals surface area (Å²) in [6.45, 7) is 0. The molecule has 10 heavy (non-hydrogen) atoms. The van der Waals surface area contributed by atoms with Crippen LogP contribution in [0.1, 0.15) is 6.42 Å². The summed E-state index contributed by atoms with van der Waals surface area (Å²) in [6, 6.07) is 0. The van der Waals surface area contributed by atoms with E-state index in [1.807, 2.05) is 0 Å². The Morgan fingerprint density at radius 2 is 2.60 bits per heavy atom. The highest BCUT2D eigenvalue weighted by molar-refractivity contribution is 5.98. The molecule has 3 heteroatoms. The van der Waals surface area contributed by atoms with Crippen LogP contribution in [0.15, 0.2) is 11.6 Å². The second-order valence-electron chi connectivity index (χ2n) is 1.87. The van der Waals surface area contributed by atoms with Gasteiger partial charge in [-0.2, -0.15) is 0 Å². The summed E-state index contributed by atoms with van der Waals surface area (Å²) in [4.78, 5) is 10.8. The van der Waals surface area contributed by atoms with Gasteiger partial charge in [-0.3, -0.25) is 0 Å². The fraction of sp³-hybridized carbons (Fsp3) is 0.286. The van der Waals surface area contributed by atoms with E-state index in [1.165, 1.54) is 7.11 Å². The minimum absolute atomic E-state index is 0.276. The quantitative estimate of drug-likeness (QED) is 0.368. The van der Waals surface area contributed by atoms with Crippen molar-refractivity contribution in [2.45, 2.75) is 6.42 Å². The standard InChI is InChI=1S/C7H8NO2/c1-10-7(9)6-2-4-8-5-3-6/h2,4-5H,3H2,1H3/q+1. The zero-order chi connectivity index (χ0) is 7.40. The highest BCUT2D eigenvalue weighted by Crippen LogP contribution is 2.00. The van der Waals surface area contributed by atoms with E-state index in [1.54, 1.807) is 18.5 Å². The van der Waals surface area contributed by atoms with Gasteiger partial charge in [-0.05, 0) is 0 Å². The lowest BCUT2D eigenvalue weighted by Crippen LogP contribution is -2.08. The molecule has 0 aliphatic carbocycles. The maximum Gasteiger partial charge on any atom is 0.334 e. The van der Waals surface area contributed by atoms with Crippen molar-refractivity contribution in [3.8, 4) is 0 Å². The van der Waals surface area contributed by atoms with Crippen molar-refractivity contribution in [3.05, 3.63) is 11.6 Å². The average molecular weight is 138 g/mol. The first kappa shape index (κ1) is 6.78. The van der Waals surface area contributed by atoms with Gasteiger partial charge < -0.3 is 4.74 Å². The van der Waals surface area contributed by atoms with Crippen LogP contribution in [0.4, 0.5) is 0 Å². The Morgan fingerprint density at radius 3 is 3.10 bits per heavy atom. The Balaban J connectivity index is 2.68. The van der Waals surface area contributed by atoms with Crippen LogP contribution in [0, 0.1) is 0 Å². The maximum absolute atomic E-state index is 10.8. The number of nitrogens with zero attached hydrogens (tertiary/aromatic N) is 1. The monoisotopic (exact) mass is 138 g/mol. The highest BCUT2D eigenvalue weighted by atomic mass is 16.5. The van der Waals surface area contributed by atoms with Crippen molar-refractivity contribution in [1.29, 1.82) is 0 Å². The molecule has 0 aromatic carbocycles. The third-order valence-electron chi connectivity index (χ3n) is 1.23. The molecule has 0 radical (unpaired) electrons. The molecular formula is C7H8NO2+. The molecule has 0 saturated heterocycles. The van der Waals surface area contributed by atoms with Gasteiger partial charge in [0.05, 0.1) is 19.1 Å². The zero-order valence-electron chi connectivity index (χ0n) is 5.70. The normalized spacial score (nSPS) is 14.7. The number of hydrogen-bond donors (Lipinski definition) is 0. The number of methoxy groups -OCH3 is 1. The van der Waals surface area contributed by atoms with E-state index in [4.69, 9.17) is 0 Å². The second-order valence-corrected chi connectivity index (χ2v) is 1.87. The number of ether oxygens (including phenoxy) is 1. The van der Waals surface area contributed by atoms with Gasteiger partial charge in [0.2, 0.25) is 0 Å². The predicted octanol–water partition coefficient (Wildman–Crippen LogP) is -0.302. The molecule has 3 nitrogen and oxygen atoms in total. The Hall–Kier alpha value is -1.34. The number of esters is 1. The molecule has 0 fully saturated rings. The lowest BCUT2D eigenvalue weighted by Gasteiger charge is -1.96. The molecular weight excluding hydrogens is 130 g/mol. The Labute approximate surface area is 58.7 Å². The molecule has 1 aliphatic heterocycles. The van der Waals surface area contributed by atoms with Gasteiger partial charge in [0, 0.05) is 6.08 Å². The molecule has 0 aromatic heterocycles. The van der Waals surface area contributed by atoms with E-state index in [9.17, 15) is 4.79 Å². The predicted molar refractivity (Wildman–Crippen MR) is 39.0 cm³/mol. The van der Waals surface area contributed by atoms with E-state index in [-0.39, 0.29) is 5.97 Å². The van der Waals surface area contributed by atoms with Crippen LogP contribution < -0.4 is 4.67 Å². The lowest BCUT2D eigenvalue weighted by atomic mass is 10.2. The summed E-state index contributed by atoms with van der Waals surface area (Å²) >= 11 is 0. The fourth-order valence-corrected chi connectivity index (χ4v) is 0.695. The van der Waals surface area contributed by atoms with Crippen molar-refractivity contribution >= 4 is 18.4 Å². The van der Waals surface area contributed by atoms with Crippen molar-refractivity contribution < 1.29 is 9.53 Å². The molecule has 0 bridgehead atoms. The smallest absolute Gasteiger partial charge is 0.334 e. The van der Waals surface area contributed by atoms with Crippen LogP contribution in [-0.2, 0) is 9.53 Å². The molecule has 1 aliphatic rings. The number of hydrogen-bond acceptors (Lipinski definition) is 2. The lowest BCUT2D eigenvalue weighted by molar-refractivity contribution is -0.136. The van der Waals surface area contributed by atoms with Crippen LogP contribution in [0.3, 0.4) is 0 Å². The van der Waals surface area contributed by atoms with Crippen LogP contribution in [0.2, 0.25) is 0 Å². The SMILES string of the molecule is COC(=O)C1=CC=[N+]=CC1. The van der Waals surface area contributed by atoms with Crippen molar-refractivity contribution in [2.24, 2.45) is 0 Å². The van der Waals surface area contributed by atoms with E-state index in [2.05, 4.69) is 9.40 Å². The highest BCUT2D eigenvalue weighted by Gasteiger charge is 2.11. The van der Waals surface area contributed by atoms with Crippen LogP contribution in [-0.4, -0.2) is 25.5 Å². The first-order chi connectivity index (χ1) is 4.84. The molecule has 0 amide bonds. The molecule has 0 unspecified atom stereocenters. The van der Waals surface area contributed by atoms with E-state index < -0.39 is 0 Å². The van der Waals surface area contributed by atoms with Gasteiger partial charge in [0.15, 0.2) is 0 Å². The van der Waals surface area contributed by atoms with Crippen LogP contribution >= 0.6 is 0 Å². The molecule has 1 rings (SSSR count). The number of carbonyl (C=O) groups excluding carboxylic acids is 1. The summed E-state index contributed by atoms with van der Waals surface area (Å²) in [5.74, 6) is -0.276. The van der Waals surface area contributed by atoms with Crippen LogP contribution in [0.5, 0.6) is 0 Å². The summed E-state index contributed by atoms with van der Waals surface area (Å²) < 4.78 is 8.31. The Kier molecular flexibility index (Phi) is 2.03. The minimum atomic E-state index is -0.276. The average Bonchev–Trinajstić information content (AvgIpc) is 2.05. The van der Waals surface area contributed by atoms with Gasteiger partial charge in [-0.1, -0.05) is 0 Å². The number of allylic oxidation sites excluding steroid dienone is 1. The molecule has 1 heterocycles. The van der Waals surface area contributed by atoms with Crippen molar-refractivity contribution in [3.63, 3.8) is 0 Å². The first-order valence-electron chi connectivity index (χ1n) is 2.97. The summed E-state index contributed by atoms with van der Waals surface area (Å²) in [7, 11) is 1.37.